The van der Waals surface area contributed by atoms with Gasteiger partial charge in [-0.2, -0.15) is 126 Å². The van der Waals surface area contributed by atoms with Crippen LogP contribution in [-0.4, -0.2) is 220 Å². The summed E-state index contributed by atoms with van der Waals surface area (Å²) in [5, 5.41) is 29.6. The molecule has 0 fully saturated rings. The van der Waals surface area contributed by atoms with Crippen molar-refractivity contribution in [1.82, 2.24) is 39.1 Å². The van der Waals surface area contributed by atoms with Gasteiger partial charge in [0.2, 0.25) is 6.29 Å². The average Bonchev–Trinajstić information content (AvgIpc) is 1.66. The maximum absolute atomic E-state index is 13.0. The van der Waals surface area contributed by atoms with Crippen molar-refractivity contribution in [3.63, 3.8) is 0 Å². The number of carbonyl (C=O) groups excluding carboxylic acids is 5. The molecule has 8 aromatic rings. The number of nitrogens with zero attached hydrogens (tertiary/aromatic N) is 11. The molecule has 4 aromatic carbocycles. The van der Waals surface area contributed by atoms with Crippen LogP contribution in [0.2, 0.25) is 0 Å². The number of hydrogen-bond donors (Lipinski definition) is 5. The standard InChI is InChI=1S/C15H15F3N2O3.C13H12F3N3O2.C13H14F3N3O.C13H11F3N2O3.C12H16F3NO2.C8H8F3NO2.C6H7F3N2.C2HF3O.CH3F.CH4O.7CH4.Na.H2O/c1-3-23-14(21)12-9-20(19-13(12)15(16,17)18)8-10-4-6-11(22-2)7-5-10;1-21-9-4-2-8(3-5-9)6-19-7-10(12(17)20)11(18-19)13(14,15)16;1-20-11-4-2-9(3-5-11)7-19-8-10(6-17)12(18-19)13(14,15)16;1-21-9-4-2-8(3-5-9)6-18-7-10(12(19)20)11(17-18)13(14,15)16;1-11(2,3)18-9(17)5-4-8-6-7-16-10(8)12(13,14)15;1-2-14-7(13)5-3-4-12-6(5)8(9,10)11;7-6(8,9)5-4(3-10)1-2-11-5;3-2(4,5)1-6;2*1-2;;;;;;;;;/h4-7,9H,3,8H2,1-2H3;2-5,7H,6H2,1H3,(H2,17,20);2-5,8H,6-7,17H2,1H3;2-5,7H,6H2,1H3,(H,19,20);6H,4-5,7H2,1-3H3;3H,2,4H2,1H3;1H,2-3,10H2;1H;1H3;2H,1H3;7*1H4;;1H2/q;;;;;;;;;;;;;;;;;+1;/p-1/i;;;;;;;;1D;;;;;;;;;;. The van der Waals surface area contributed by atoms with Gasteiger partial charge >= 0.3 is 103 Å². The molecule has 3 aliphatic rings. The van der Waals surface area contributed by atoms with Crippen molar-refractivity contribution in [2.75, 3.05) is 82.1 Å². The fraction of sp³-hybridized carbons (Fsp3) is 0.440. The summed E-state index contributed by atoms with van der Waals surface area (Å²) in [4.78, 5) is 74.6. The van der Waals surface area contributed by atoms with E-state index in [1.165, 1.54) is 58.2 Å². The summed E-state index contributed by atoms with van der Waals surface area (Å²) >= 11 is 0. The van der Waals surface area contributed by atoms with Crippen LogP contribution in [-0.2, 0) is 86.0 Å². The summed E-state index contributed by atoms with van der Waals surface area (Å²) in [5.41, 5.74) is 7.55. The third-order valence-corrected chi connectivity index (χ3v) is 16.7. The number of primary amides is 1. The number of aromatic nitrogens is 8. The van der Waals surface area contributed by atoms with Crippen LogP contribution >= 0.6 is 0 Å². The van der Waals surface area contributed by atoms with E-state index in [-0.39, 0.29) is 189 Å². The minimum Gasteiger partial charge on any atom is -0.870 e. The summed E-state index contributed by atoms with van der Waals surface area (Å²) in [5.74, 6) is -2.77. The molecule has 0 saturated carbocycles. The summed E-state index contributed by atoms with van der Waals surface area (Å²) in [7, 11) is 6.07. The van der Waals surface area contributed by atoms with Gasteiger partial charge in [0.05, 0.1) is 107 Å². The Morgan fingerprint density at radius 1 is 0.429 bits per heavy atom. The Hall–Kier alpha value is -12.7. The Labute approximate surface area is 855 Å². The van der Waals surface area contributed by atoms with Gasteiger partial charge < -0.3 is 66.0 Å². The number of benzene rings is 4. The van der Waals surface area contributed by atoms with Gasteiger partial charge in [-0.1, -0.05) is 113 Å². The third kappa shape index (κ3) is 51.9. The summed E-state index contributed by atoms with van der Waals surface area (Å²) in [6.07, 6.45) is -29.8. The fourth-order valence-electron chi connectivity index (χ4n) is 10.9. The number of halogens is 25. The molecule has 7 heterocycles. The van der Waals surface area contributed by atoms with E-state index in [0.29, 0.717) is 34.1 Å². The fourth-order valence-corrected chi connectivity index (χ4v) is 10.9. The minimum absolute atomic E-state index is 0. The molecule has 147 heavy (non-hydrogen) atoms. The van der Waals surface area contributed by atoms with E-state index in [4.69, 9.17) is 57.3 Å². The third-order valence-electron chi connectivity index (χ3n) is 16.7. The van der Waals surface area contributed by atoms with Gasteiger partial charge in [-0.15, -0.1) is 0 Å². The summed E-state index contributed by atoms with van der Waals surface area (Å²) in [6, 6.07) is 27.2. The Kier molecular flexibility index (Phi) is 68.0. The number of carboxylic acids is 1. The van der Waals surface area contributed by atoms with E-state index < -0.39 is 160 Å². The van der Waals surface area contributed by atoms with Crippen molar-refractivity contribution in [1.29, 1.82) is 0 Å². The van der Waals surface area contributed by atoms with Crippen LogP contribution in [0.1, 0.15) is 182 Å². The Balaban J connectivity index is -0.000000252. The number of ether oxygens (including phenoxy) is 7. The number of carboxylic acid groups (broad SMARTS) is 1. The Morgan fingerprint density at radius 3 is 0.966 bits per heavy atom. The smallest absolute Gasteiger partial charge is 0.870 e. The number of nitrogens with two attached hydrogens (primary N) is 3. The zero-order valence-corrected chi connectivity index (χ0v) is 77.5. The number of methoxy groups -OCH3 is 4. The largest absolute Gasteiger partial charge is 1.00 e. The van der Waals surface area contributed by atoms with E-state index in [2.05, 4.69) is 44.8 Å². The topological polar surface area (TPSA) is 424 Å². The number of aromatic carboxylic acids is 1. The van der Waals surface area contributed by atoms with Crippen LogP contribution in [0, 0.1) is 0 Å². The first-order valence-electron chi connectivity index (χ1n) is 39.6. The Morgan fingerprint density at radius 2 is 0.707 bits per heavy atom. The minimum atomic E-state index is -4.81. The van der Waals surface area contributed by atoms with E-state index in [0.717, 1.165) is 56.9 Å². The number of aldehydes is 1. The maximum Gasteiger partial charge on any atom is 1.00 e. The van der Waals surface area contributed by atoms with Crippen molar-refractivity contribution in [3.8, 4) is 23.0 Å². The van der Waals surface area contributed by atoms with E-state index >= 15 is 0 Å². The number of allylic oxidation sites excluding steroid dienone is 1. The van der Waals surface area contributed by atoms with Crippen molar-refractivity contribution in [2.45, 2.75) is 187 Å². The van der Waals surface area contributed by atoms with Gasteiger partial charge in [-0.3, -0.25) is 52.5 Å². The first-order valence-corrected chi connectivity index (χ1v) is 38.9. The van der Waals surface area contributed by atoms with Crippen LogP contribution in [0.4, 0.5) is 110 Å². The molecule has 56 heteroatoms. The number of hydrogen-bond acceptors (Lipinski definition) is 24. The van der Waals surface area contributed by atoms with Gasteiger partial charge in [-0.05, 0) is 129 Å². The van der Waals surface area contributed by atoms with Crippen LogP contribution < -0.4 is 65.7 Å². The number of carbonyl (C=O) groups is 6. The molecule has 0 atom stereocenters. The number of aliphatic hydroxyl groups excluding tert-OH is 1. The predicted octanol–water partition coefficient (Wildman–Crippen LogP) is 17.9. The molecule has 0 bridgehead atoms. The molecular weight excluding hydrogens is 2040 g/mol. The second kappa shape index (κ2) is 67.9. The second-order valence-corrected chi connectivity index (χ2v) is 27.8. The number of rotatable bonds is 23. The second-order valence-electron chi connectivity index (χ2n) is 27.8. The van der Waals surface area contributed by atoms with Crippen molar-refractivity contribution in [2.24, 2.45) is 32.2 Å². The molecule has 0 spiro atoms. The molecule has 30 nitrogen and oxygen atoms in total. The van der Waals surface area contributed by atoms with Gasteiger partial charge in [0, 0.05) is 57.0 Å². The van der Waals surface area contributed by atoms with Crippen molar-refractivity contribution in [3.05, 3.63) is 224 Å². The molecule has 0 radical (unpaired) electrons. The van der Waals surface area contributed by atoms with E-state index in [1.807, 2.05) is 0 Å². The van der Waals surface area contributed by atoms with E-state index in [1.54, 1.807) is 125 Å². The SMILES string of the molecule is C.C.C.C.C.C.C.CC(C)(C)OC(=O)CCC1=CCN=C1C(F)(F)F.CCOC(=O)C1=CCN=C1C(F)(F)F.CCOC(=O)c1cn(Cc2ccc(OC)cc2)nc1C(F)(F)F.CO.COc1ccc(Cn2cc(C(=O)O)c(C(F)(F)F)n2)cc1.COc1ccc(Cn2cc(C(N)=O)c(C(F)(F)F)n2)cc1.COc1ccc(Cn2cc(CN)c(C(F)(F)F)n2)cc1.NCC1=CCN=C1C(F)(F)F.O=CC(F)(F)F.[2H]CF.[Na+].[OH-]. The Bertz CT molecular complexity index is 5340. The number of esters is 3. The van der Waals surface area contributed by atoms with Crippen LogP contribution in [0.5, 0.6) is 23.0 Å². The molecule has 4 aromatic heterocycles. The van der Waals surface area contributed by atoms with Gasteiger partial charge in [0.25, 0.3) is 5.91 Å². The molecule has 0 saturated heterocycles. The van der Waals surface area contributed by atoms with Crippen molar-refractivity contribution < 1.29 is 218 Å². The molecule has 11 rings (SSSR count). The number of alkyl halides is 25. The molecule has 3 aliphatic heterocycles. The number of aliphatic hydroxyl groups is 1. The zero-order valence-electron chi connectivity index (χ0n) is 76.5. The molecule has 0 aliphatic carbocycles. The van der Waals surface area contributed by atoms with Crippen LogP contribution in [0.3, 0.4) is 0 Å². The molecule has 826 valence electrons. The molecule has 0 unspecified atom stereocenters. The monoisotopic (exact) mass is 2160 g/mol. The molecule has 1 amide bonds. The normalized spacial score (nSPS) is 12.2. The van der Waals surface area contributed by atoms with Crippen molar-refractivity contribution >= 4 is 53.2 Å². The van der Waals surface area contributed by atoms with Gasteiger partial charge in [-0.25, -0.2) is 14.4 Å². The first kappa shape index (κ1) is 147. The van der Waals surface area contributed by atoms with Gasteiger partial charge in [0.15, 0.2) is 28.5 Å². The number of amides is 1. The average molecular weight is 2160 g/mol. The van der Waals surface area contributed by atoms with Crippen LogP contribution in [0.15, 0.2) is 172 Å². The van der Waals surface area contributed by atoms with Crippen LogP contribution in [0.25, 0.3) is 0 Å². The van der Waals surface area contributed by atoms with E-state index in [9.17, 15) is 134 Å². The predicted molar refractivity (Wildman–Crippen MR) is 493 cm³/mol. The summed E-state index contributed by atoms with van der Waals surface area (Å²) < 4.78 is 349. The summed E-state index contributed by atoms with van der Waals surface area (Å²) in [6.45, 7) is 8.36. The first-order chi connectivity index (χ1) is 64.5. The quantitative estimate of drug-likeness (QED) is 0.0130. The maximum atomic E-state index is 13.0. The zero-order chi connectivity index (χ0) is 106. The molecule has 9 N–H and O–H groups in total. The number of aliphatic imine (C=N–C) groups is 3. The van der Waals surface area contributed by atoms with Gasteiger partial charge in [0.1, 0.15) is 51.1 Å². The molecular formula is C91H120F25N14NaO16.